The number of hydrogen-bond donors (Lipinski definition) is 2. The average Bonchev–Trinajstić information content (AvgIpc) is 3.14. The number of hydrogen-bond acceptors (Lipinski definition) is 7. The maximum absolute atomic E-state index is 12.4. The van der Waals surface area contributed by atoms with Gasteiger partial charge in [-0.15, -0.1) is 0 Å². The summed E-state index contributed by atoms with van der Waals surface area (Å²) in [5.41, 5.74) is 5.36. The Morgan fingerprint density at radius 1 is 0.596 bits per heavy atom. The fraction of sp³-hybridized carbons (Fsp3) is 0.744. The number of allylic oxidation sites excluding steroid dienone is 9. The van der Waals surface area contributed by atoms with Crippen LogP contribution in [0.15, 0.2) is 60.9 Å². The van der Waals surface area contributed by atoms with Crippen LogP contribution in [0, 0.1) is 0 Å². The van der Waals surface area contributed by atoms with Gasteiger partial charge >= 0.3 is 13.8 Å². The molecular weight excluding hydrogens is 673 g/mol. The molecule has 0 amide bonds. The van der Waals surface area contributed by atoms with Gasteiger partial charge in [0.05, 0.1) is 19.5 Å². The van der Waals surface area contributed by atoms with Gasteiger partial charge in [-0.25, -0.2) is 4.57 Å². The lowest BCUT2D eigenvalue weighted by Gasteiger charge is -2.19. The number of rotatable bonds is 39. The topological polar surface area (TPSA) is 117 Å². The summed E-state index contributed by atoms with van der Waals surface area (Å²) in [4.78, 5) is 22.2. The molecule has 3 N–H and O–H groups in total. The Hall–Kier alpha value is -1.96. The highest BCUT2D eigenvalue weighted by Crippen LogP contribution is 2.43. The minimum atomic E-state index is -4.27. The van der Waals surface area contributed by atoms with Gasteiger partial charge in [-0.1, -0.05) is 133 Å². The molecule has 302 valence electrons. The summed E-state index contributed by atoms with van der Waals surface area (Å²) in [7, 11) is -4.27. The van der Waals surface area contributed by atoms with Crippen LogP contribution in [0.1, 0.15) is 174 Å². The standard InChI is InChI=1S/C43H78NO7P/c1-3-5-7-9-11-13-15-17-19-21-22-24-26-28-30-32-34-36-43(45)49-40-42(41-51-52(46,47)50-39-37-44)48-38-35-33-31-29-27-25-23-20-18-16-14-12-10-8-6-4-2/h11,13-14,16-17,19,22,24,35,38,42H,3-10,12,15,18,20-21,23,25-34,36-37,39-41,44H2,1-2H3,(H,46,47)/t42-/m1/s1. The zero-order chi connectivity index (χ0) is 38.1. The van der Waals surface area contributed by atoms with Gasteiger partial charge in [0.15, 0.2) is 6.10 Å². The minimum absolute atomic E-state index is 0.0808. The Morgan fingerprint density at radius 3 is 1.60 bits per heavy atom. The maximum atomic E-state index is 12.4. The summed E-state index contributed by atoms with van der Waals surface area (Å²) in [6.45, 7) is 4.13. The van der Waals surface area contributed by atoms with E-state index in [-0.39, 0.29) is 32.3 Å². The number of carbonyl (C=O) groups excluding carboxylic acids is 1. The van der Waals surface area contributed by atoms with Crippen LogP contribution in [-0.2, 0) is 27.9 Å². The minimum Gasteiger partial charge on any atom is -0.492 e. The average molecular weight is 752 g/mol. The van der Waals surface area contributed by atoms with Crippen molar-refractivity contribution in [2.45, 2.75) is 180 Å². The van der Waals surface area contributed by atoms with Crippen LogP contribution in [-0.4, -0.2) is 43.3 Å². The second-order valence-corrected chi connectivity index (χ2v) is 15.0. The van der Waals surface area contributed by atoms with Gasteiger partial charge in [-0.2, -0.15) is 0 Å². The predicted octanol–water partition coefficient (Wildman–Crippen LogP) is 12.5. The highest BCUT2D eigenvalue weighted by molar-refractivity contribution is 7.47. The van der Waals surface area contributed by atoms with Gasteiger partial charge in [-0.3, -0.25) is 13.8 Å². The molecule has 0 spiro atoms. The summed E-state index contributed by atoms with van der Waals surface area (Å²) in [6.07, 6.45) is 49.0. The van der Waals surface area contributed by atoms with E-state index in [2.05, 4.69) is 62.5 Å². The number of carbonyl (C=O) groups is 1. The van der Waals surface area contributed by atoms with Crippen molar-refractivity contribution in [1.29, 1.82) is 0 Å². The molecule has 0 radical (unpaired) electrons. The van der Waals surface area contributed by atoms with Crippen molar-refractivity contribution in [3.63, 3.8) is 0 Å². The number of phosphoric acid groups is 1. The fourth-order valence-electron chi connectivity index (χ4n) is 5.33. The molecule has 0 bridgehead atoms. The highest BCUT2D eigenvalue weighted by Gasteiger charge is 2.24. The molecule has 0 aromatic rings. The van der Waals surface area contributed by atoms with E-state index >= 15 is 0 Å². The van der Waals surface area contributed by atoms with E-state index in [0.29, 0.717) is 6.42 Å². The van der Waals surface area contributed by atoms with Crippen LogP contribution in [0.4, 0.5) is 0 Å². The zero-order valence-electron chi connectivity index (χ0n) is 33.3. The Balaban J connectivity index is 4.17. The van der Waals surface area contributed by atoms with E-state index in [1.807, 2.05) is 6.08 Å². The second kappa shape index (κ2) is 40.2. The van der Waals surface area contributed by atoms with E-state index in [1.54, 1.807) is 6.26 Å². The first-order valence-electron chi connectivity index (χ1n) is 20.8. The van der Waals surface area contributed by atoms with Gasteiger partial charge in [0.1, 0.15) is 6.61 Å². The van der Waals surface area contributed by atoms with Crippen molar-refractivity contribution in [2.24, 2.45) is 5.73 Å². The van der Waals surface area contributed by atoms with Crippen molar-refractivity contribution < 1.29 is 32.8 Å². The van der Waals surface area contributed by atoms with E-state index < -0.39 is 13.9 Å². The maximum Gasteiger partial charge on any atom is 0.472 e. The van der Waals surface area contributed by atoms with E-state index in [9.17, 15) is 14.3 Å². The first-order chi connectivity index (χ1) is 25.4. The molecule has 52 heavy (non-hydrogen) atoms. The molecule has 9 heteroatoms. The molecule has 1 unspecified atom stereocenters. The molecule has 0 aromatic heterocycles. The molecule has 8 nitrogen and oxygen atoms in total. The molecule has 0 aliphatic heterocycles. The predicted molar refractivity (Wildman–Crippen MR) is 219 cm³/mol. The number of ether oxygens (including phenoxy) is 2. The van der Waals surface area contributed by atoms with Crippen LogP contribution < -0.4 is 5.73 Å². The third-order valence-electron chi connectivity index (χ3n) is 8.50. The van der Waals surface area contributed by atoms with Gasteiger partial charge in [-0.05, 0) is 89.5 Å². The van der Waals surface area contributed by atoms with Crippen molar-refractivity contribution in [3.05, 3.63) is 60.9 Å². The smallest absolute Gasteiger partial charge is 0.472 e. The lowest BCUT2D eigenvalue weighted by molar-refractivity contribution is -0.147. The van der Waals surface area contributed by atoms with Crippen LogP contribution in [0.3, 0.4) is 0 Å². The SMILES string of the molecule is CCCCCC=CCC=CCC=CCCCCCCC(=O)OC[C@H](COP(=O)(O)OCCN)OC=CCCCCCCCCC=CCCCCCC. The molecule has 0 saturated heterocycles. The van der Waals surface area contributed by atoms with Gasteiger partial charge in [0.25, 0.3) is 0 Å². The molecule has 0 aliphatic rings. The number of esters is 1. The third-order valence-corrected chi connectivity index (χ3v) is 9.48. The number of unbranched alkanes of at least 4 members (excludes halogenated alkanes) is 18. The molecule has 0 aliphatic carbocycles. The van der Waals surface area contributed by atoms with Crippen molar-refractivity contribution in [3.8, 4) is 0 Å². The lowest BCUT2D eigenvalue weighted by Crippen LogP contribution is -2.25. The fourth-order valence-corrected chi connectivity index (χ4v) is 6.10. The van der Waals surface area contributed by atoms with Crippen LogP contribution in [0.2, 0.25) is 0 Å². The van der Waals surface area contributed by atoms with Crippen LogP contribution >= 0.6 is 7.82 Å². The van der Waals surface area contributed by atoms with E-state index in [4.69, 9.17) is 24.3 Å². The van der Waals surface area contributed by atoms with E-state index in [1.165, 1.54) is 96.3 Å². The van der Waals surface area contributed by atoms with Crippen molar-refractivity contribution in [2.75, 3.05) is 26.4 Å². The van der Waals surface area contributed by atoms with Crippen molar-refractivity contribution >= 4 is 13.8 Å². The van der Waals surface area contributed by atoms with E-state index in [0.717, 1.165) is 57.8 Å². The second-order valence-electron chi connectivity index (χ2n) is 13.6. The Kier molecular flexibility index (Phi) is 38.7. The van der Waals surface area contributed by atoms with Crippen molar-refractivity contribution in [1.82, 2.24) is 0 Å². The monoisotopic (exact) mass is 752 g/mol. The normalized spacial score (nSPS) is 14.1. The lowest BCUT2D eigenvalue weighted by atomic mass is 10.1. The Morgan fingerprint density at radius 2 is 1.04 bits per heavy atom. The summed E-state index contributed by atoms with van der Waals surface area (Å²) >= 11 is 0. The van der Waals surface area contributed by atoms with Gasteiger partial charge in [0.2, 0.25) is 0 Å². The number of phosphoric ester groups is 1. The molecule has 0 heterocycles. The third kappa shape index (κ3) is 39.3. The summed E-state index contributed by atoms with van der Waals surface area (Å²) in [6, 6.07) is 0. The van der Waals surface area contributed by atoms with Crippen LogP contribution in [0.25, 0.3) is 0 Å². The Labute approximate surface area is 319 Å². The molecule has 0 rings (SSSR count). The van der Waals surface area contributed by atoms with Gasteiger partial charge < -0.3 is 20.1 Å². The summed E-state index contributed by atoms with van der Waals surface area (Å²) in [5.74, 6) is -0.315. The first-order valence-corrected chi connectivity index (χ1v) is 22.3. The summed E-state index contributed by atoms with van der Waals surface area (Å²) < 4.78 is 33.1. The first kappa shape index (κ1) is 50.0. The molecule has 2 atom stereocenters. The molecule has 0 fully saturated rings. The highest BCUT2D eigenvalue weighted by atomic mass is 31.2. The zero-order valence-corrected chi connectivity index (χ0v) is 34.2. The molecule has 0 aromatic carbocycles. The summed E-state index contributed by atoms with van der Waals surface area (Å²) in [5, 5.41) is 0. The van der Waals surface area contributed by atoms with Gasteiger partial charge in [0, 0.05) is 13.0 Å². The number of nitrogens with two attached hydrogens (primary N) is 1. The molecular formula is C43H78NO7P. The van der Waals surface area contributed by atoms with Crippen LogP contribution in [0.5, 0.6) is 0 Å². The molecule has 0 saturated carbocycles. The quantitative estimate of drug-likeness (QED) is 0.0210. The Bertz CT molecular complexity index is 979. The largest absolute Gasteiger partial charge is 0.492 e.